The lowest BCUT2D eigenvalue weighted by Gasteiger charge is -2.18. The minimum absolute atomic E-state index is 0.00511. The topological polar surface area (TPSA) is 116 Å². The quantitative estimate of drug-likeness (QED) is 0.444. The zero-order valence-electron chi connectivity index (χ0n) is 18.6. The molecule has 0 amide bonds. The van der Waals surface area contributed by atoms with E-state index in [1.807, 2.05) is 0 Å². The molecule has 0 atom stereocenters. The lowest BCUT2D eigenvalue weighted by atomic mass is 9.90. The van der Waals surface area contributed by atoms with Gasteiger partial charge in [0, 0.05) is 5.56 Å². The van der Waals surface area contributed by atoms with E-state index in [0.29, 0.717) is 0 Å². The molecule has 3 aromatic heterocycles. The predicted octanol–water partition coefficient (Wildman–Crippen LogP) is 2.80. The number of methoxy groups -OCH3 is 1. The molecule has 1 aromatic carbocycles. The number of carbonyl (C=O) groups is 1. The number of benzene rings is 1. The van der Waals surface area contributed by atoms with Crippen molar-refractivity contribution in [2.24, 2.45) is 0 Å². The van der Waals surface area contributed by atoms with Crippen LogP contribution in [-0.4, -0.2) is 43.0 Å². The van der Waals surface area contributed by atoms with Crippen molar-refractivity contribution < 1.29 is 22.7 Å². The van der Waals surface area contributed by atoms with E-state index in [9.17, 15) is 22.8 Å². The summed E-state index contributed by atoms with van der Waals surface area (Å²) in [4.78, 5) is 31.5. The van der Waals surface area contributed by atoms with Gasteiger partial charge in [-0.05, 0) is 32.9 Å². The summed E-state index contributed by atoms with van der Waals surface area (Å²) in [5.74, 6) is -3.52. The molecule has 0 spiro atoms. The van der Waals surface area contributed by atoms with E-state index >= 15 is 0 Å². The first-order valence-electron chi connectivity index (χ1n) is 10.1. The molecule has 176 valence electrons. The Morgan fingerprint density at radius 3 is 2.59 bits per heavy atom. The zero-order valence-corrected chi connectivity index (χ0v) is 18.6. The summed E-state index contributed by atoms with van der Waals surface area (Å²) in [5, 5.41) is 12.4. The number of H-pyrrole nitrogens is 1. The van der Waals surface area contributed by atoms with Gasteiger partial charge in [-0.2, -0.15) is 5.10 Å². The number of carbonyl (C=O) groups excluding carboxylic acids is 1. The zero-order chi connectivity index (χ0) is 24.8. The van der Waals surface area contributed by atoms with Crippen LogP contribution in [0.3, 0.4) is 0 Å². The van der Waals surface area contributed by atoms with Gasteiger partial charge >= 0.3 is 5.97 Å². The number of hydrogen-bond acceptors (Lipinski definition) is 7. The number of ether oxygens (including phenoxy) is 1. The Morgan fingerprint density at radius 2 is 1.91 bits per heavy atom. The first kappa shape index (κ1) is 23.1. The molecule has 0 radical (unpaired) electrons. The molecule has 0 aliphatic rings. The van der Waals surface area contributed by atoms with Crippen LogP contribution in [0.15, 0.2) is 29.1 Å². The number of hydrogen-bond donors (Lipinski definition) is 1. The van der Waals surface area contributed by atoms with Crippen molar-refractivity contribution in [2.45, 2.75) is 32.7 Å². The van der Waals surface area contributed by atoms with E-state index in [1.54, 1.807) is 0 Å². The van der Waals surface area contributed by atoms with Crippen LogP contribution in [0.1, 0.15) is 30.8 Å². The number of halogens is 3. The predicted molar refractivity (Wildman–Crippen MR) is 114 cm³/mol. The molecule has 0 fully saturated rings. The maximum atomic E-state index is 14.4. The van der Waals surface area contributed by atoms with Gasteiger partial charge in [0.15, 0.2) is 23.1 Å². The van der Waals surface area contributed by atoms with Gasteiger partial charge in [-0.25, -0.2) is 22.8 Å². The monoisotopic (exact) mass is 472 g/mol. The first-order valence-corrected chi connectivity index (χ1v) is 10.1. The van der Waals surface area contributed by atoms with Crippen molar-refractivity contribution in [3.05, 3.63) is 69.0 Å². The number of aromatic nitrogens is 6. The maximum absolute atomic E-state index is 14.4. The first-order chi connectivity index (χ1) is 16.0. The Kier molecular flexibility index (Phi) is 5.67. The summed E-state index contributed by atoms with van der Waals surface area (Å²) in [6.45, 7) is 4.14. The molecule has 12 heteroatoms. The SMILES string of the molecule is COC(=O)C(C)(C)c1nnc(-c2nn(Cc3cccc(F)c3F)c3nc(C)c(F)cc23)[nH]c1=O. The van der Waals surface area contributed by atoms with Gasteiger partial charge in [0.05, 0.1) is 24.7 Å². The third-order valence-corrected chi connectivity index (χ3v) is 5.41. The van der Waals surface area contributed by atoms with Crippen molar-refractivity contribution >= 4 is 17.0 Å². The van der Waals surface area contributed by atoms with E-state index in [2.05, 4.69) is 25.3 Å². The lowest BCUT2D eigenvalue weighted by molar-refractivity contribution is -0.146. The van der Waals surface area contributed by atoms with Crippen LogP contribution in [-0.2, 0) is 21.5 Å². The molecule has 0 aliphatic heterocycles. The summed E-state index contributed by atoms with van der Waals surface area (Å²) in [6.07, 6.45) is 0. The van der Waals surface area contributed by atoms with Crippen LogP contribution in [0.4, 0.5) is 13.2 Å². The second kappa shape index (κ2) is 8.36. The average Bonchev–Trinajstić information content (AvgIpc) is 3.13. The highest BCUT2D eigenvalue weighted by Crippen LogP contribution is 2.27. The standard InChI is InChI=1S/C22H19F3N6O3/c1-10-14(24)8-12-16(18-27-20(32)17(28-29-18)22(2,3)21(33)34-4)30-31(19(12)26-10)9-11-6-5-7-13(23)15(11)25/h5-8H,9H2,1-4H3,(H,27,29,32). The van der Waals surface area contributed by atoms with Crippen molar-refractivity contribution in [3.63, 3.8) is 0 Å². The minimum atomic E-state index is -1.38. The number of aromatic amines is 1. The smallest absolute Gasteiger partial charge is 0.317 e. The van der Waals surface area contributed by atoms with E-state index in [0.717, 1.165) is 12.1 Å². The molecule has 0 saturated carbocycles. The van der Waals surface area contributed by atoms with Gasteiger partial charge in [-0.3, -0.25) is 9.59 Å². The van der Waals surface area contributed by atoms with Gasteiger partial charge in [0.2, 0.25) is 0 Å². The number of pyridine rings is 1. The van der Waals surface area contributed by atoms with E-state index in [4.69, 9.17) is 4.74 Å². The number of nitrogens with one attached hydrogen (secondary N) is 1. The summed E-state index contributed by atoms with van der Waals surface area (Å²) in [6, 6.07) is 4.88. The molecule has 9 nitrogen and oxygen atoms in total. The molecule has 0 aliphatic carbocycles. The summed E-state index contributed by atoms with van der Waals surface area (Å²) in [7, 11) is 1.18. The molecule has 1 N–H and O–H groups in total. The number of rotatable bonds is 5. The average molecular weight is 472 g/mol. The Morgan fingerprint density at radius 1 is 1.18 bits per heavy atom. The summed E-state index contributed by atoms with van der Waals surface area (Å²) in [5.41, 5.74) is -2.04. The third kappa shape index (κ3) is 3.80. The van der Waals surface area contributed by atoms with Crippen molar-refractivity contribution in [3.8, 4) is 11.5 Å². The molecule has 0 unspecified atom stereocenters. The molecule has 0 bridgehead atoms. The Balaban J connectivity index is 1.87. The van der Waals surface area contributed by atoms with Crippen LogP contribution < -0.4 is 5.56 Å². The molecular weight excluding hydrogens is 453 g/mol. The van der Waals surface area contributed by atoms with Gasteiger partial charge in [0.25, 0.3) is 5.56 Å². The van der Waals surface area contributed by atoms with Gasteiger partial charge in [-0.15, -0.1) is 10.2 Å². The molecule has 34 heavy (non-hydrogen) atoms. The fourth-order valence-electron chi connectivity index (χ4n) is 3.48. The van der Waals surface area contributed by atoms with E-state index < -0.39 is 34.4 Å². The second-order valence-corrected chi connectivity index (χ2v) is 8.11. The second-order valence-electron chi connectivity index (χ2n) is 8.11. The minimum Gasteiger partial charge on any atom is -0.468 e. The number of fused-ring (bicyclic) bond motifs is 1. The van der Waals surface area contributed by atoms with Crippen LogP contribution in [0.5, 0.6) is 0 Å². The Labute approximate surface area is 190 Å². The van der Waals surface area contributed by atoms with Crippen molar-refractivity contribution in [2.75, 3.05) is 7.11 Å². The fraction of sp³-hybridized carbons (Fsp3) is 0.273. The number of nitrogens with zero attached hydrogens (tertiary/aromatic N) is 5. The Hall–Kier alpha value is -4.09. The lowest BCUT2D eigenvalue weighted by Crippen LogP contribution is -2.38. The summed E-state index contributed by atoms with van der Waals surface area (Å²) < 4.78 is 48.3. The van der Waals surface area contributed by atoms with Crippen LogP contribution in [0.2, 0.25) is 0 Å². The number of esters is 1. The largest absolute Gasteiger partial charge is 0.468 e. The highest BCUT2D eigenvalue weighted by atomic mass is 19.2. The normalized spacial score (nSPS) is 11.7. The highest BCUT2D eigenvalue weighted by molar-refractivity contribution is 5.89. The van der Waals surface area contributed by atoms with Crippen LogP contribution >= 0.6 is 0 Å². The van der Waals surface area contributed by atoms with E-state index in [1.165, 1.54) is 44.7 Å². The molecule has 4 rings (SSSR count). The molecule has 0 saturated heterocycles. The molecular formula is C22H19F3N6O3. The Bertz CT molecular complexity index is 1500. The van der Waals surface area contributed by atoms with Crippen molar-refractivity contribution in [1.82, 2.24) is 29.9 Å². The fourth-order valence-corrected chi connectivity index (χ4v) is 3.48. The van der Waals surface area contributed by atoms with Crippen LogP contribution in [0, 0.1) is 24.4 Å². The van der Waals surface area contributed by atoms with Gasteiger partial charge < -0.3 is 9.72 Å². The number of aryl methyl sites for hydroxylation is 1. The van der Waals surface area contributed by atoms with Crippen molar-refractivity contribution in [1.29, 1.82) is 0 Å². The van der Waals surface area contributed by atoms with E-state index in [-0.39, 0.29) is 46.0 Å². The highest BCUT2D eigenvalue weighted by Gasteiger charge is 2.36. The van der Waals surface area contributed by atoms with Gasteiger partial charge in [0.1, 0.15) is 22.6 Å². The summed E-state index contributed by atoms with van der Waals surface area (Å²) >= 11 is 0. The third-order valence-electron chi connectivity index (χ3n) is 5.41. The molecule has 4 aromatic rings. The van der Waals surface area contributed by atoms with Crippen LogP contribution in [0.25, 0.3) is 22.6 Å². The maximum Gasteiger partial charge on any atom is 0.317 e. The van der Waals surface area contributed by atoms with Gasteiger partial charge in [-0.1, -0.05) is 12.1 Å². The molecule has 3 heterocycles.